The van der Waals surface area contributed by atoms with Crippen LogP contribution >= 0.6 is 11.3 Å². The highest BCUT2D eigenvalue weighted by Gasteiger charge is 2.21. The second-order valence-corrected chi connectivity index (χ2v) is 8.22. The zero-order valence-electron chi connectivity index (χ0n) is 12.1. The summed E-state index contributed by atoms with van der Waals surface area (Å²) in [4.78, 5) is 23.3. The first-order chi connectivity index (χ1) is 9.61. The molecule has 1 aromatic rings. The summed E-state index contributed by atoms with van der Waals surface area (Å²) in [5.74, 6) is -1.85. The molecule has 2 N–H and O–H groups in total. The Labute approximate surface area is 128 Å². The molecule has 0 bridgehead atoms. The maximum Gasteiger partial charge on any atom is 0.308 e. The predicted octanol–water partition coefficient (Wildman–Crippen LogP) is 1.63. The molecule has 118 valence electrons. The molecule has 6 nitrogen and oxygen atoms in total. The number of thiophene rings is 1. The number of hydrogen-bond donors (Lipinski definition) is 2. The molecular weight excluding hydrogens is 314 g/mol. The van der Waals surface area contributed by atoms with Crippen molar-refractivity contribution in [3.63, 3.8) is 0 Å². The Kier molecular flexibility index (Phi) is 5.91. The molecule has 1 amide bonds. The molecule has 8 heteroatoms. The number of hydrogen-bond acceptors (Lipinski definition) is 5. The molecule has 0 saturated carbocycles. The first-order valence-corrected chi connectivity index (χ1v) is 9.18. The number of carbonyl (C=O) groups excluding carboxylic acids is 1. The summed E-state index contributed by atoms with van der Waals surface area (Å²) in [5, 5.41) is 13.0. The van der Waals surface area contributed by atoms with Crippen LogP contribution in [0, 0.1) is 11.8 Å². The van der Waals surface area contributed by atoms with Crippen molar-refractivity contribution in [2.75, 3.05) is 12.8 Å². The Morgan fingerprint density at radius 3 is 2.43 bits per heavy atom. The van der Waals surface area contributed by atoms with Gasteiger partial charge < -0.3 is 10.4 Å². The van der Waals surface area contributed by atoms with E-state index in [1.54, 1.807) is 0 Å². The van der Waals surface area contributed by atoms with Gasteiger partial charge in [-0.1, -0.05) is 13.8 Å². The minimum absolute atomic E-state index is 0.0262. The third-order valence-electron chi connectivity index (χ3n) is 2.84. The van der Waals surface area contributed by atoms with Crippen LogP contribution in [-0.2, 0) is 14.6 Å². The number of carboxylic acids is 1. The molecule has 21 heavy (non-hydrogen) atoms. The topological polar surface area (TPSA) is 101 Å². The maximum atomic E-state index is 11.9. The summed E-state index contributed by atoms with van der Waals surface area (Å²) in [7, 11) is -3.34. The smallest absolute Gasteiger partial charge is 0.308 e. The summed E-state index contributed by atoms with van der Waals surface area (Å²) < 4.78 is 22.7. The minimum Gasteiger partial charge on any atom is -0.481 e. The predicted molar refractivity (Wildman–Crippen MR) is 80.3 cm³/mol. The van der Waals surface area contributed by atoms with E-state index in [4.69, 9.17) is 5.11 Å². The average Bonchev–Trinajstić information content (AvgIpc) is 2.82. The fraction of sp³-hybridized carbons (Fsp3) is 0.538. The molecule has 1 atom stereocenters. The van der Waals surface area contributed by atoms with Gasteiger partial charge in [-0.15, -0.1) is 11.3 Å². The van der Waals surface area contributed by atoms with Crippen LogP contribution in [0.25, 0.3) is 0 Å². The van der Waals surface area contributed by atoms with Gasteiger partial charge in [0.1, 0.15) is 0 Å². The third kappa shape index (κ3) is 5.47. The summed E-state index contributed by atoms with van der Waals surface area (Å²) in [5.41, 5.74) is 0. The van der Waals surface area contributed by atoms with Crippen LogP contribution in [0.4, 0.5) is 0 Å². The van der Waals surface area contributed by atoms with E-state index in [0.717, 1.165) is 17.6 Å². The van der Waals surface area contributed by atoms with Crippen molar-refractivity contribution in [1.29, 1.82) is 0 Å². The van der Waals surface area contributed by atoms with Crippen LogP contribution < -0.4 is 5.32 Å². The fourth-order valence-corrected chi connectivity index (χ4v) is 3.71. The normalized spacial score (nSPS) is 13.1. The summed E-state index contributed by atoms with van der Waals surface area (Å²) >= 11 is 1.02. The van der Waals surface area contributed by atoms with E-state index in [1.165, 1.54) is 11.4 Å². The first-order valence-electron chi connectivity index (χ1n) is 6.41. The van der Waals surface area contributed by atoms with Crippen molar-refractivity contribution in [2.45, 2.75) is 25.2 Å². The molecule has 1 heterocycles. The van der Waals surface area contributed by atoms with E-state index >= 15 is 0 Å². The molecular formula is C13H19NO5S2. The van der Waals surface area contributed by atoms with Crippen molar-refractivity contribution in [3.05, 3.63) is 16.3 Å². The third-order valence-corrected chi connectivity index (χ3v) is 5.01. The van der Waals surface area contributed by atoms with E-state index < -0.39 is 27.6 Å². The number of sulfone groups is 1. The van der Waals surface area contributed by atoms with Crippen LogP contribution in [0.1, 0.15) is 29.9 Å². The van der Waals surface area contributed by atoms with Crippen molar-refractivity contribution in [2.24, 2.45) is 11.8 Å². The minimum atomic E-state index is -3.34. The van der Waals surface area contributed by atoms with Crippen molar-refractivity contribution in [1.82, 2.24) is 5.32 Å². The van der Waals surface area contributed by atoms with E-state index in [9.17, 15) is 18.0 Å². The lowest BCUT2D eigenvalue weighted by Crippen LogP contribution is -2.33. The largest absolute Gasteiger partial charge is 0.481 e. The van der Waals surface area contributed by atoms with Gasteiger partial charge in [0.05, 0.1) is 15.7 Å². The lowest BCUT2D eigenvalue weighted by molar-refractivity contribution is -0.142. The highest BCUT2D eigenvalue weighted by atomic mass is 32.2. The maximum absolute atomic E-state index is 11.9. The molecule has 0 fully saturated rings. The Bertz CT molecular complexity index is 618. The number of carbonyl (C=O) groups is 2. The van der Waals surface area contributed by atoms with Gasteiger partial charge in [0.2, 0.25) is 0 Å². The Morgan fingerprint density at radius 2 is 2.00 bits per heavy atom. The van der Waals surface area contributed by atoms with E-state index in [0.29, 0.717) is 6.42 Å². The number of aliphatic carboxylic acids is 1. The standard InChI is InChI=1S/C13H19NO5S2/c1-8(2)4-9(13(16)17)6-14-12(15)11-5-10(7-20-11)21(3,18)19/h5,7-9H,4,6H2,1-3H3,(H,14,15)(H,16,17). The van der Waals surface area contributed by atoms with Crippen LogP contribution in [0.15, 0.2) is 16.3 Å². The number of amides is 1. The lowest BCUT2D eigenvalue weighted by atomic mass is 9.97. The summed E-state index contributed by atoms with van der Waals surface area (Å²) in [6.07, 6.45) is 1.54. The van der Waals surface area contributed by atoms with Crippen molar-refractivity contribution >= 4 is 33.1 Å². The molecule has 1 unspecified atom stereocenters. The average molecular weight is 333 g/mol. The Balaban J connectivity index is 2.68. The number of carboxylic acid groups (broad SMARTS) is 1. The quantitative estimate of drug-likeness (QED) is 0.790. The monoisotopic (exact) mass is 333 g/mol. The highest BCUT2D eigenvalue weighted by molar-refractivity contribution is 7.90. The van der Waals surface area contributed by atoms with Crippen molar-refractivity contribution in [3.8, 4) is 0 Å². The zero-order chi connectivity index (χ0) is 16.2. The van der Waals surface area contributed by atoms with E-state index in [1.807, 2.05) is 13.8 Å². The molecule has 0 saturated heterocycles. The first kappa shape index (κ1) is 17.6. The lowest BCUT2D eigenvalue weighted by Gasteiger charge is -2.14. The zero-order valence-corrected chi connectivity index (χ0v) is 13.8. The van der Waals surface area contributed by atoms with Crippen LogP contribution in [0.3, 0.4) is 0 Å². The van der Waals surface area contributed by atoms with E-state index in [-0.39, 0.29) is 22.2 Å². The van der Waals surface area contributed by atoms with Gasteiger partial charge in [0, 0.05) is 18.2 Å². The second kappa shape index (κ2) is 7.04. The molecule has 0 aliphatic carbocycles. The van der Waals surface area contributed by atoms with Crippen LogP contribution in [0.5, 0.6) is 0 Å². The van der Waals surface area contributed by atoms with Gasteiger partial charge in [0.25, 0.3) is 5.91 Å². The van der Waals surface area contributed by atoms with Gasteiger partial charge >= 0.3 is 5.97 Å². The highest BCUT2D eigenvalue weighted by Crippen LogP contribution is 2.19. The van der Waals surface area contributed by atoms with Crippen molar-refractivity contribution < 1.29 is 23.1 Å². The van der Waals surface area contributed by atoms with Gasteiger partial charge in [-0.25, -0.2) is 8.42 Å². The molecule has 1 rings (SSSR count). The SMILES string of the molecule is CC(C)CC(CNC(=O)c1cc(S(C)(=O)=O)cs1)C(=O)O. The van der Waals surface area contributed by atoms with Gasteiger partial charge in [0.15, 0.2) is 9.84 Å². The van der Waals surface area contributed by atoms with Gasteiger partial charge in [-0.05, 0) is 18.4 Å². The molecule has 0 aliphatic rings. The molecule has 0 spiro atoms. The Morgan fingerprint density at radius 1 is 1.38 bits per heavy atom. The van der Waals surface area contributed by atoms with Gasteiger partial charge in [-0.2, -0.15) is 0 Å². The molecule has 1 aromatic heterocycles. The fourth-order valence-electron chi connectivity index (χ4n) is 1.78. The van der Waals surface area contributed by atoms with Gasteiger partial charge in [-0.3, -0.25) is 9.59 Å². The molecule has 0 aromatic carbocycles. The van der Waals surface area contributed by atoms with Crippen LogP contribution in [-0.4, -0.2) is 38.2 Å². The second-order valence-electron chi connectivity index (χ2n) is 5.29. The Hall–Kier alpha value is -1.41. The molecule has 0 radical (unpaired) electrons. The summed E-state index contributed by atoms with van der Waals surface area (Å²) in [6.45, 7) is 3.85. The van der Waals surface area contributed by atoms with E-state index in [2.05, 4.69) is 5.32 Å². The molecule has 0 aliphatic heterocycles. The van der Waals surface area contributed by atoms with Crippen LogP contribution in [0.2, 0.25) is 0 Å². The number of rotatable bonds is 7. The number of nitrogens with one attached hydrogen (secondary N) is 1. The summed E-state index contributed by atoms with van der Waals surface area (Å²) in [6, 6.07) is 1.30.